The van der Waals surface area contributed by atoms with Crippen LogP contribution >= 0.6 is 12.6 Å². The van der Waals surface area contributed by atoms with Gasteiger partial charge in [-0.15, -0.1) is 0 Å². The van der Waals surface area contributed by atoms with Crippen LogP contribution in [-0.2, 0) is 4.79 Å². The molecule has 1 saturated carbocycles. The number of nitrogens with two attached hydrogens (primary N) is 1. The smallest absolute Gasteiger partial charge is 0.321 e. The second kappa shape index (κ2) is 7.12. The van der Waals surface area contributed by atoms with Crippen molar-refractivity contribution in [2.45, 2.75) is 63.2 Å². The van der Waals surface area contributed by atoms with E-state index >= 15 is 0 Å². The van der Waals surface area contributed by atoms with Crippen LogP contribution < -0.4 is 5.73 Å². The molecular weight excluding hydrogens is 210 g/mol. The lowest BCUT2D eigenvalue weighted by Gasteiger charge is -2.21. The molecule has 1 atom stereocenters. The van der Waals surface area contributed by atoms with Gasteiger partial charge in [-0.3, -0.25) is 4.79 Å². The van der Waals surface area contributed by atoms with Crippen molar-refractivity contribution in [3.8, 4) is 0 Å². The van der Waals surface area contributed by atoms with Gasteiger partial charge in [-0.1, -0.05) is 38.5 Å². The van der Waals surface area contributed by atoms with Crippen LogP contribution in [0.5, 0.6) is 0 Å². The van der Waals surface area contributed by atoms with Gasteiger partial charge in [0.15, 0.2) is 0 Å². The molecule has 3 nitrogen and oxygen atoms in total. The Hall–Kier alpha value is -0.220. The average molecular weight is 233 g/mol. The molecule has 1 aliphatic carbocycles. The van der Waals surface area contributed by atoms with Crippen molar-refractivity contribution in [2.24, 2.45) is 5.73 Å². The fourth-order valence-electron chi connectivity index (χ4n) is 1.36. The molecule has 0 spiro atoms. The van der Waals surface area contributed by atoms with E-state index in [9.17, 15) is 4.79 Å². The lowest BCUT2D eigenvalue weighted by molar-refractivity contribution is -0.139. The van der Waals surface area contributed by atoms with Gasteiger partial charge in [-0.25, -0.2) is 0 Å². The van der Waals surface area contributed by atoms with E-state index in [-0.39, 0.29) is 0 Å². The van der Waals surface area contributed by atoms with E-state index in [1.54, 1.807) is 13.8 Å². The fourth-order valence-corrected chi connectivity index (χ4v) is 1.47. The number of carboxylic acids is 1. The zero-order valence-corrected chi connectivity index (χ0v) is 10.6. The van der Waals surface area contributed by atoms with Gasteiger partial charge in [0.2, 0.25) is 0 Å². The van der Waals surface area contributed by atoms with Crippen molar-refractivity contribution in [3.63, 3.8) is 0 Å². The molecule has 4 heteroatoms. The molecule has 1 aliphatic rings. The molecule has 0 radical (unpaired) electrons. The van der Waals surface area contributed by atoms with Crippen molar-refractivity contribution in [1.29, 1.82) is 0 Å². The first-order chi connectivity index (χ1) is 6.85. The Morgan fingerprint density at radius 1 is 1.20 bits per heavy atom. The maximum atomic E-state index is 10.2. The van der Waals surface area contributed by atoms with Gasteiger partial charge >= 0.3 is 5.97 Å². The summed E-state index contributed by atoms with van der Waals surface area (Å²) in [6, 6.07) is -0.902. The van der Waals surface area contributed by atoms with Gasteiger partial charge in [-0.2, -0.15) is 12.6 Å². The number of thiol groups is 1. The Kier molecular flexibility index (Phi) is 7.02. The highest BCUT2D eigenvalue weighted by molar-refractivity contribution is 7.81. The molecule has 1 fully saturated rings. The Labute approximate surface area is 97.8 Å². The minimum absolute atomic E-state index is 0.647. The largest absolute Gasteiger partial charge is 0.480 e. The maximum Gasteiger partial charge on any atom is 0.321 e. The summed E-state index contributed by atoms with van der Waals surface area (Å²) in [6.45, 7) is 3.32. The zero-order valence-electron chi connectivity index (χ0n) is 9.70. The normalized spacial score (nSPS) is 18.7. The predicted molar refractivity (Wildman–Crippen MR) is 66.4 cm³/mol. The van der Waals surface area contributed by atoms with Gasteiger partial charge < -0.3 is 10.8 Å². The Balaban J connectivity index is 0.000000280. The Morgan fingerprint density at radius 2 is 1.47 bits per heavy atom. The SMILES string of the molecule is C1CCCCC1.CC(C)(S)C(N)C(=O)O. The van der Waals surface area contributed by atoms with E-state index in [1.165, 1.54) is 38.5 Å². The summed E-state index contributed by atoms with van der Waals surface area (Å²) in [6.07, 6.45) is 9.00. The molecule has 0 aromatic carbocycles. The third-order valence-electron chi connectivity index (χ3n) is 2.53. The highest BCUT2D eigenvalue weighted by Crippen LogP contribution is 2.15. The van der Waals surface area contributed by atoms with Crippen LogP contribution in [0.2, 0.25) is 0 Å². The molecule has 1 unspecified atom stereocenters. The maximum absolute atomic E-state index is 10.2. The lowest BCUT2D eigenvalue weighted by Crippen LogP contribution is -2.45. The number of carboxylic acid groups (broad SMARTS) is 1. The first kappa shape index (κ1) is 14.8. The number of carbonyl (C=O) groups is 1. The number of hydrogen-bond acceptors (Lipinski definition) is 3. The van der Waals surface area contributed by atoms with Gasteiger partial charge in [0.25, 0.3) is 0 Å². The van der Waals surface area contributed by atoms with Crippen LogP contribution in [-0.4, -0.2) is 21.9 Å². The highest BCUT2D eigenvalue weighted by Gasteiger charge is 2.27. The first-order valence-electron chi connectivity index (χ1n) is 5.56. The average Bonchev–Trinajstić information content (AvgIpc) is 2.19. The third-order valence-corrected chi connectivity index (χ3v) is 2.81. The molecule has 1 rings (SSSR count). The highest BCUT2D eigenvalue weighted by atomic mass is 32.1. The van der Waals surface area contributed by atoms with Crippen molar-refractivity contribution >= 4 is 18.6 Å². The third kappa shape index (κ3) is 7.68. The van der Waals surface area contributed by atoms with Crippen LogP contribution in [0.15, 0.2) is 0 Å². The summed E-state index contributed by atoms with van der Waals surface area (Å²) >= 11 is 3.98. The van der Waals surface area contributed by atoms with Gasteiger partial charge in [0.05, 0.1) is 0 Å². The van der Waals surface area contributed by atoms with Crippen LogP contribution in [0.3, 0.4) is 0 Å². The van der Waals surface area contributed by atoms with Gasteiger partial charge in [0.1, 0.15) is 6.04 Å². The van der Waals surface area contributed by atoms with Crippen molar-refractivity contribution in [3.05, 3.63) is 0 Å². The van der Waals surface area contributed by atoms with E-state index < -0.39 is 16.8 Å². The van der Waals surface area contributed by atoms with E-state index in [0.717, 1.165) is 0 Å². The first-order valence-corrected chi connectivity index (χ1v) is 6.01. The molecule has 90 valence electrons. The van der Waals surface area contributed by atoms with Crippen LogP contribution in [0, 0.1) is 0 Å². The van der Waals surface area contributed by atoms with E-state index in [2.05, 4.69) is 12.6 Å². The molecular formula is C11H23NO2S. The van der Waals surface area contributed by atoms with Crippen LogP contribution in [0.25, 0.3) is 0 Å². The van der Waals surface area contributed by atoms with Crippen molar-refractivity contribution < 1.29 is 9.90 Å². The molecule has 0 amide bonds. The minimum Gasteiger partial charge on any atom is -0.480 e. The molecule has 0 heterocycles. The minimum atomic E-state index is -1.02. The van der Waals surface area contributed by atoms with Crippen LogP contribution in [0.1, 0.15) is 52.4 Å². The Morgan fingerprint density at radius 3 is 1.53 bits per heavy atom. The predicted octanol–water partition coefficient (Wildman–Crippen LogP) is 2.45. The summed E-state index contributed by atoms with van der Waals surface area (Å²) in [7, 11) is 0. The number of hydrogen-bond donors (Lipinski definition) is 3. The van der Waals surface area contributed by atoms with E-state index in [0.29, 0.717) is 0 Å². The molecule has 15 heavy (non-hydrogen) atoms. The monoisotopic (exact) mass is 233 g/mol. The van der Waals surface area contributed by atoms with Crippen molar-refractivity contribution in [2.75, 3.05) is 0 Å². The second-order valence-corrected chi connectivity index (χ2v) is 5.74. The second-order valence-electron chi connectivity index (χ2n) is 4.59. The summed E-state index contributed by atoms with van der Waals surface area (Å²) in [5.41, 5.74) is 5.22. The molecule has 0 aromatic heterocycles. The molecule has 0 aromatic rings. The molecule has 3 N–H and O–H groups in total. The van der Waals surface area contributed by atoms with Crippen molar-refractivity contribution in [1.82, 2.24) is 0 Å². The topological polar surface area (TPSA) is 63.3 Å². The number of rotatable bonds is 2. The quantitative estimate of drug-likeness (QED) is 0.642. The summed E-state index contributed by atoms with van der Waals surface area (Å²) < 4.78 is -0.647. The zero-order chi connectivity index (χ0) is 11.9. The number of aliphatic carboxylic acids is 1. The fraction of sp³-hybridized carbons (Fsp3) is 0.909. The summed E-state index contributed by atoms with van der Waals surface area (Å²) in [4.78, 5) is 10.2. The van der Waals surface area contributed by atoms with E-state index in [4.69, 9.17) is 10.8 Å². The molecule has 0 bridgehead atoms. The summed E-state index contributed by atoms with van der Waals surface area (Å²) in [5, 5.41) is 8.34. The molecule has 0 saturated heterocycles. The lowest BCUT2D eigenvalue weighted by atomic mass is 10.0. The van der Waals surface area contributed by atoms with Crippen LogP contribution in [0.4, 0.5) is 0 Å². The molecule has 0 aliphatic heterocycles. The van der Waals surface area contributed by atoms with Gasteiger partial charge in [-0.05, 0) is 13.8 Å². The Bertz CT molecular complexity index is 174. The standard InChI is InChI=1S/C6H12.C5H11NO2S/c1-2-4-6-5-3-1;1-5(2,9)3(6)4(7)8/h1-6H2;3,9H,6H2,1-2H3,(H,7,8). The summed E-state index contributed by atoms with van der Waals surface area (Å²) in [5.74, 6) is -1.02. The van der Waals surface area contributed by atoms with E-state index in [1.807, 2.05) is 0 Å². The van der Waals surface area contributed by atoms with Gasteiger partial charge in [0, 0.05) is 4.75 Å².